The Balaban J connectivity index is 1.57. The van der Waals surface area contributed by atoms with Crippen molar-refractivity contribution in [2.24, 2.45) is 5.73 Å². The van der Waals surface area contributed by atoms with Gasteiger partial charge in [0.2, 0.25) is 5.89 Å². The zero-order valence-corrected chi connectivity index (χ0v) is 16.6. The quantitative estimate of drug-likeness (QED) is 0.550. The van der Waals surface area contributed by atoms with Crippen molar-refractivity contribution in [3.05, 3.63) is 71.1 Å². The number of carboxylic acid groups (broad SMARTS) is 1. The van der Waals surface area contributed by atoms with E-state index in [1.807, 2.05) is 0 Å². The smallest absolute Gasteiger partial charge is 0.416 e. The van der Waals surface area contributed by atoms with Gasteiger partial charge >= 0.3 is 12.1 Å². The van der Waals surface area contributed by atoms with Crippen molar-refractivity contribution in [3.63, 3.8) is 0 Å². The Morgan fingerprint density at radius 3 is 2.39 bits per heavy atom. The molecule has 0 saturated carbocycles. The molecule has 0 aliphatic rings. The minimum Gasteiger partial charge on any atom is -0.493 e. The Labute approximate surface area is 176 Å². The standard InChI is InChI=1S/C22H21F3N2O4/c1-13-19(27-20(31-13)15-4-6-16(7-5-15)22(23,24)25)10-11-30-17-8-2-14(3-9-17)12-18(26)21(28)29/h2-9,18H,10-12,26H2,1H3,(H,28,29)/t18-/m0/s1. The van der Waals surface area contributed by atoms with E-state index in [9.17, 15) is 18.0 Å². The molecule has 1 heterocycles. The topological polar surface area (TPSA) is 98.6 Å². The van der Waals surface area contributed by atoms with Crippen molar-refractivity contribution >= 4 is 5.97 Å². The number of aliphatic carboxylic acids is 1. The normalized spacial score (nSPS) is 12.5. The maximum absolute atomic E-state index is 12.7. The molecule has 2 aromatic carbocycles. The molecule has 0 unspecified atom stereocenters. The van der Waals surface area contributed by atoms with E-state index in [4.69, 9.17) is 20.0 Å². The number of hydrogen-bond acceptors (Lipinski definition) is 5. The number of aryl methyl sites for hydroxylation is 1. The first-order valence-corrected chi connectivity index (χ1v) is 9.47. The number of carbonyl (C=O) groups is 1. The summed E-state index contributed by atoms with van der Waals surface area (Å²) in [7, 11) is 0. The van der Waals surface area contributed by atoms with Gasteiger partial charge in [0.15, 0.2) is 0 Å². The molecule has 164 valence electrons. The van der Waals surface area contributed by atoms with Crippen molar-refractivity contribution in [2.45, 2.75) is 32.0 Å². The van der Waals surface area contributed by atoms with E-state index in [1.165, 1.54) is 12.1 Å². The van der Waals surface area contributed by atoms with Crippen LogP contribution in [0, 0.1) is 6.92 Å². The SMILES string of the molecule is Cc1oc(-c2ccc(C(F)(F)F)cc2)nc1CCOc1ccc(C[C@H](N)C(=O)O)cc1. The van der Waals surface area contributed by atoms with Gasteiger partial charge in [0.1, 0.15) is 17.6 Å². The molecular formula is C22H21F3N2O4. The van der Waals surface area contributed by atoms with Crippen LogP contribution in [0.3, 0.4) is 0 Å². The number of aromatic nitrogens is 1. The predicted molar refractivity (Wildman–Crippen MR) is 107 cm³/mol. The van der Waals surface area contributed by atoms with Crippen LogP contribution in [0.2, 0.25) is 0 Å². The highest BCUT2D eigenvalue weighted by Gasteiger charge is 2.30. The third kappa shape index (κ3) is 5.85. The number of nitrogens with two attached hydrogens (primary N) is 1. The summed E-state index contributed by atoms with van der Waals surface area (Å²) in [5, 5.41) is 8.86. The fourth-order valence-electron chi connectivity index (χ4n) is 2.91. The molecule has 1 atom stereocenters. The number of alkyl halides is 3. The maximum Gasteiger partial charge on any atom is 0.416 e. The molecule has 9 heteroatoms. The van der Waals surface area contributed by atoms with Gasteiger partial charge in [-0.15, -0.1) is 0 Å². The molecule has 0 saturated heterocycles. The number of benzene rings is 2. The predicted octanol–water partition coefficient (Wildman–Crippen LogP) is 4.24. The van der Waals surface area contributed by atoms with E-state index in [-0.39, 0.29) is 12.3 Å². The largest absolute Gasteiger partial charge is 0.493 e. The molecule has 0 spiro atoms. The van der Waals surface area contributed by atoms with E-state index < -0.39 is 23.8 Å². The molecule has 0 fully saturated rings. The van der Waals surface area contributed by atoms with Gasteiger partial charge in [-0.25, -0.2) is 4.98 Å². The number of hydrogen-bond donors (Lipinski definition) is 2. The first-order chi connectivity index (χ1) is 14.6. The van der Waals surface area contributed by atoms with Crippen LogP contribution in [0.5, 0.6) is 5.75 Å². The second-order valence-electron chi connectivity index (χ2n) is 6.99. The van der Waals surface area contributed by atoms with Crippen LogP contribution in [0.15, 0.2) is 52.9 Å². The summed E-state index contributed by atoms with van der Waals surface area (Å²) in [6, 6.07) is 10.6. The zero-order chi connectivity index (χ0) is 22.6. The highest BCUT2D eigenvalue weighted by molar-refractivity contribution is 5.73. The number of oxazole rings is 1. The second-order valence-corrected chi connectivity index (χ2v) is 6.99. The molecule has 3 rings (SSSR count). The molecule has 0 amide bonds. The Hall–Kier alpha value is -3.33. The van der Waals surface area contributed by atoms with Gasteiger partial charge in [-0.05, 0) is 55.3 Å². The summed E-state index contributed by atoms with van der Waals surface area (Å²) in [5.41, 5.74) is 6.68. The van der Waals surface area contributed by atoms with E-state index in [2.05, 4.69) is 4.98 Å². The van der Waals surface area contributed by atoms with Crippen LogP contribution in [-0.4, -0.2) is 28.7 Å². The summed E-state index contributed by atoms with van der Waals surface area (Å²) in [6.45, 7) is 2.05. The van der Waals surface area contributed by atoms with Crippen LogP contribution in [0.1, 0.15) is 22.6 Å². The van der Waals surface area contributed by atoms with Crippen molar-refractivity contribution in [1.29, 1.82) is 0 Å². The molecule has 0 aliphatic heterocycles. The molecule has 3 aromatic rings. The van der Waals surface area contributed by atoms with Crippen LogP contribution in [0.4, 0.5) is 13.2 Å². The van der Waals surface area contributed by atoms with Crippen LogP contribution in [-0.2, 0) is 23.8 Å². The Bertz CT molecular complexity index is 1030. The van der Waals surface area contributed by atoms with Gasteiger partial charge in [0.05, 0.1) is 17.9 Å². The fourth-order valence-corrected chi connectivity index (χ4v) is 2.91. The van der Waals surface area contributed by atoms with Gasteiger partial charge < -0.3 is 20.0 Å². The van der Waals surface area contributed by atoms with Gasteiger partial charge in [-0.3, -0.25) is 4.79 Å². The highest BCUT2D eigenvalue weighted by atomic mass is 19.4. The van der Waals surface area contributed by atoms with E-state index in [0.717, 1.165) is 17.7 Å². The van der Waals surface area contributed by atoms with Gasteiger partial charge in [0.25, 0.3) is 0 Å². The number of ether oxygens (including phenoxy) is 1. The molecule has 31 heavy (non-hydrogen) atoms. The molecule has 3 N–H and O–H groups in total. The Morgan fingerprint density at radius 1 is 1.16 bits per heavy atom. The third-order valence-corrected chi connectivity index (χ3v) is 4.66. The van der Waals surface area contributed by atoms with Gasteiger partial charge in [-0.2, -0.15) is 13.2 Å². The Kier molecular flexibility index (Phi) is 6.65. The number of nitrogens with zero attached hydrogens (tertiary/aromatic N) is 1. The van der Waals surface area contributed by atoms with Crippen molar-refractivity contribution in [3.8, 4) is 17.2 Å². The van der Waals surface area contributed by atoms with Crippen molar-refractivity contribution in [1.82, 2.24) is 4.98 Å². The van der Waals surface area contributed by atoms with Gasteiger partial charge in [-0.1, -0.05) is 12.1 Å². The van der Waals surface area contributed by atoms with E-state index in [1.54, 1.807) is 31.2 Å². The summed E-state index contributed by atoms with van der Waals surface area (Å²) < 4.78 is 49.4. The van der Waals surface area contributed by atoms with E-state index >= 15 is 0 Å². The lowest BCUT2D eigenvalue weighted by atomic mass is 10.1. The molecular weight excluding hydrogens is 413 g/mol. The van der Waals surface area contributed by atoms with Crippen LogP contribution < -0.4 is 10.5 Å². The minimum atomic E-state index is -4.39. The average molecular weight is 434 g/mol. The first kappa shape index (κ1) is 22.4. The lowest BCUT2D eigenvalue weighted by molar-refractivity contribution is -0.139. The average Bonchev–Trinajstić information content (AvgIpc) is 3.09. The number of rotatable bonds is 8. The number of carboxylic acids is 1. The summed E-state index contributed by atoms with van der Waals surface area (Å²) in [6.07, 6.45) is -3.73. The minimum absolute atomic E-state index is 0.223. The number of halogens is 3. The molecule has 6 nitrogen and oxygen atoms in total. The monoisotopic (exact) mass is 434 g/mol. The Morgan fingerprint density at radius 2 is 1.81 bits per heavy atom. The molecule has 0 radical (unpaired) electrons. The lowest BCUT2D eigenvalue weighted by Crippen LogP contribution is -2.32. The van der Waals surface area contributed by atoms with E-state index in [0.29, 0.717) is 35.8 Å². The third-order valence-electron chi connectivity index (χ3n) is 4.66. The van der Waals surface area contributed by atoms with Crippen LogP contribution in [0.25, 0.3) is 11.5 Å². The maximum atomic E-state index is 12.7. The van der Waals surface area contributed by atoms with Crippen molar-refractivity contribution in [2.75, 3.05) is 6.61 Å². The van der Waals surface area contributed by atoms with Crippen LogP contribution >= 0.6 is 0 Å². The molecule has 1 aromatic heterocycles. The highest BCUT2D eigenvalue weighted by Crippen LogP contribution is 2.31. The summed E-state index contributed by atoms with van der Waals surface area (Å²) in [5.74, 6) is 0.368. The van der Waals surface area contributed by atoms with Gasteiger partial charge in [0, 0.05) is 12.0 Å². The zero-order valence-electron chi connectivity index (χ0n) is 16.6. The molecule has 0 bridgehead atoms. The second kappa shape index (κ2) is 9.22. The first-order valence-electron chi connectivity index (χ1n) is 9.47. The summed E-state index contributed by atoms with van der Waals surface area (Å²) in [4.78, 5) is 15.2. The fraction of sp³-hybridized carbons (Fsp3) is 0.273. The lowest BCUT2D eigenvalue weighted by Gasteiger charge is -2.08. The van der Waals surface area contributed by atoms with Crippen molar-refractivity contribution < 1.29 is 32.2 Å². The molecule has 0 aliphatic carbocycles. The summed E-state index contributed by atoms with van der Waals surface area (Å²) >= 11 is 0.